The first-order chi connectivity index (χ1) is 22.9. The molecule has 16 heteroatoms. The van der Waals surface area contributed by atoms with E-state index in [4.69, 9.17) is 15.2 Å². The van der Waals surface area contributed by atoms with Crippen LogP contribution in [0.5, 0.6) is 11.9 Å². The number of likely N-dealkylation sites (tertiary alicyclic amines) is 1. The van der Waals surface area contributed by atoms with Gasteiger partial charge in [0.1, 0.15) is 45.1 Å². The lowest BCUT2D eigenvalue weighted by atomic mass is 9.73. The highest BCUT2D eigenvalue weighted by Crippen LogP contribution is 2.46. The van der Waals surface area contributed by atoms with Crippen LogP contribution in [-0.4, -0.2) is 85.3 Å². The summed E-state index contributed by atoms with van der Waals surface area (Å²) in [6.07, 6.45) is -0.420. The highest BCUT2D eigenvalue weighted by atomic mass is 32.1. The number of fused-ring (bicyclic) bond motifs is 4. The fourth-order valence-corrected chi connectivity index (χ4v) is 8.51. The molecule has 254 valence electrons. The van der Waals surface area contributed by atoms with Crippen LogP contribution < -0.4 is 25.4 Å². The summed E-state index contributed by atoms with van der Waals surface area (Å²) in [4.78, 5) is 17.4. The number of nitrogens with zero attached hydrogens (tertiary/aromatic N) is 6. The number of nitriles is 1. The first-order valence-corrected chi connectivity index (χ1v) is 16.4. The Kier molecular flexibility index (Phi) is 8.20. The van der Waals surface area contributed by atoms with Gasteiger partial charge in [0.05, 0.1) is 24.0 Å². The molecular formula is C32H33F5N8O2S. The second kappa shape index (κ2) is 12.1. The van der Waals surface area contributed by atoms with Crippen LogP contribution in [0.25, 0.3) is 32.2 Å². The molecule has 4 atom stereocenters. The number of rotatable bonds is 7. The van der Waals surface area contributed by atoms with Crippen molar-refractivity contribution in [2.24, 2.45) is 11.3 Å². The molecule has 2 bridgehead atoms. The number of ether oxygens (including phenoxy) is 2. The standard InChI is InChI=1S/C32H33F5N8O2S/c1-32(12-44(2)7-6-17(32)27(36)37)13-47-31-42-25-22(29(43-31)45-10-14-4-5-15(11-45)40-14)30(46-3)41-24(23(25)35)21-18(33)8-19(34)26-20(21)16(9-38)28(39)48-26/h8,14-15,17,27,40H,4-7,10-13,39H2,1-3H3/t14-,15+,17-,32+/m1/s1. The summed E-state index contributed by atoms with van der Waals surface area (Å²) in [7, 11) is 3.16. The second-order valence-electron chi connectivity index (χ2n) is 13.2. The number of anilines is 2. The zero-order chi connectivity index (χ0) is 34.1. The minimum Gasteiger partial charge on any atom is -0.480 e. The molecule has 3 fully saturated rings. The van der Waals surface area contributed by atoms with Gasteiger partial charge in [-0.15, -0.1) is 11.3 Å². The highest BCUT2D eigenvalue weighted by molar-refractivity contribution is 7.23. The van der Waals surface area contributed by atoms with Crippen molar-refractivity contribution < 1.29 is 31.4 Å². The normalized spacial score (nSPS) is 24.5. The molecule has 3 aromatic heterocycles. The molecule has 3 aliphatic heterocycles. The van der Waals surface area contributed by atoms with Gasteiger partial charge in [0, 0.05) is 60.1 Å². The molecule has 7 rings (SSSR count). The van der Waals surface area contributed by atoms with Crippen molar-refractivity contribution in [1.29, 1.82) is 5.26 Å². The minimum absolute atomic E-state index is 0.0657. The number of alkyl halides is 2. The molecule has 4 aromatic rings. The molecule has 0 unspecified atom stereocenters. The van der Waals surface area contributed by atoms with Gasteiger partial charge in [-0.25, -0.2) is 26.9 Å². The number of piperazine rings is 1. The predicted molar refractivity (Wildman–Crippen MR) is 171 cm³/mol. The van der Waals surface area contributed by atoms with Crippen molar-refractivity contribution >= 4 is 43.1 Å². The van der Waals surface area contributed by atoms with E-state index < -0.39 is 46.5 Å². The number of methoxy groups -OCH3 is 1. The minimum atomic E-state index is -2.57. The molecule has 6 heterocycles. The Morgan fingerprint density at radius 2 is 1.85 bits per heavy atom. The number of pyridine rings is 1. The van der Waals surface area contributed by atoms with E-state index in [2.05, 4.69) is 20.3 Å². The zero-order valence-electron chi connectivity index (χ0n) is 26.4. The van der Waals surface area contributed by atoms with Crippen LogP contribution in [0.3, 0.4) is 0 Å². The summed E-state index contributed by atoms with van der Waals surface area (Å²) in [6, 6.07) is 2.50. The average Bonchev–Trinajstić information content (AvgIpc) is 3.57. The van der Waals surface area contributed by atoms with Gasteiger partial charge in [0.15, 0.2) is 5.82 Å². The average molecular weight is 689 g/mol. The molecule has 48 heavy (non-hydrogen) atoms. The Morgan fingerprint density at radius 1 is 1.12 bits per heavy atom. The number of nitrogens with two attached hydrogens (primary N) is 1. The van der Waals surface area contributed by atoms with Crippen molar-refractivity contribution in [2.45, 2.75) is 44.7 Å². The summed E-state index contributed by atoms with van der Waals surface area (Å²) in [5.74, 6) is -4.03. The maximum atomic E-state index is 16.9. The Hall–Kier alpha value is -4.07. The van der Waals surface area contributed by atoms with Gasteiger partial charge in [0.2, 0.25) is 12.3 Å². The van der Waals surface area contributed by atoms with E-state index in [1.165, 1.54) is 7.11 Å². The van der Waals surface area contributed by atoms with Gasteiger partial charge in [-0.05, 0) is 32.9 Å². The SMILES string of the molecule is COc1nc(-c2c(F)cc(F)c3sc(N)c(C#N)c23)c(F)c2nc(OC[C@]3(C)CN(C)CC[C@@H]3C(F)F)nc(N3C[C@H]4CC[C@@H](C3)N4)c12. The van der Waals surface area contributed by atoms with Crippen LogP contribution in [0, 0.1) is 40.1 Å². The van der Waals surface area contributed by atoms with E-state index in [0.29, 0.717) is 32.2 Å². The van der Waals surface area contributed by atoms with Crippen molar-refractivity contribution in [1.82, 2.24) is 25.2 Å². The largest absolute Gasteiger partial charge is 0.480 e. The molecule has 3 saturated heterocycles. The lowest BCUT2D eigenvalue weighted by Crippen LogP contribution is -2.51. The molecule has 1 aromatic carbocycles. The number of hydrogen-bond acceptors (Lipinski definition) is 11. The smallest absolute Gasteiger partial charge is 0.319 e. The molecule has 3 aliphatic rings. The fourth-order valence-electron chi connectivity index (χ4n) is 7.58. The summed E-state index contributed by atoms with van der Waals surface area (Å²) in [5.41, 5.74) is 3.41. The molecule has 0 aliphatic carbocycles. The van der Waals surface area contributed by atoms with Crippen LogP contribution in [0.15, 0.2) is 6.07 Å². The number of aromatic nitrogens is 3. The van der Waals surface area contributed by atoms with E-state index in [9.17, 15) is 18.4 Å². The summed E-state index contributed by atoms with van der Waals surface area (Å²) in [6.45, 7) is 3.46. The van der Waals surface area contributed by atoms with Crippen molar-refractivity contribution in [3.8, 4) is 29.2 Å². The van der Waals surface area contributed by atoms with Crippen molar-refractivity contribution in [2.75, 3.05) is 57.6 Å². The van der Waals surface area contributed by atoms with E-state index in [0.717, 1.165) is 24.2 Å². The predicted octanol–water partition coefficient (Wildman–Crippen LogP) is 5.33. The third kappa shape index (κ3) is 5.32. The van der Waals surface area contributed by atoms with Gasteiger partial charge < -0.3 is 30.3 Å². The topological polar surface area (TPSA) is 125 Å². The van der Waals surface area contributed by atoms with Crippen molar-refractivity contribution in [3.05, 3.63) is 29.1 Å². The number of hydrogen-bond donors (Lipinski definition) is 2. The number of halogens is 5. The van der Waals surface area contributed by atoms with Crippen LogP contribution in [0.4, 0.5) is 32.8 Å². The van der Waals surface area contributed by atoms with Crippen LogP contribution in [0.1, 0.15) is 31.7 Å². The van der Waals surface area contributed by atoms with E-state index in [1.807, 2.05) is 22.9 Å². The summed E-state index contributed by atoms with van der Waals surface area (Å²) in [5, 5.41) is 13.2. The Balaban J connectivity index is 1.43. The molecule has 0 spiro atoms. The summed E-state index contributed by atoms with van der Waals surface area (Å²) >= 11 is 0.736. The first kappa shape index (κ1) is 32.5. The lowest BCUT2D eigenvalue weighted by Gasteiger charge is -2.44. The number of nitrogens with one attached hydrogen (secondary N) is 1. The Morgan fingerprint density at radius 3 is 2.52 bits per heavy atom. The van der Waals surface area contributed by atoms with Gasteiger partial charge in [0.25, 0.3) is 0 Å². The van der Waals surface area contributed by atoms with Crippen LogP contribution >= 0.6 is 11.3 Å². The maximum absolute atomic E-state index is 16.9. The molecule has 0 radical (unpaired) electrons. The third-order valence-electron chi connectivity index (χ3n) is 9.85. The quantitative estimate of drug-likeness (QED) is 0.246. The van der Waals surface area contributed by atoms with Crippen LogP contribution in [0.2, 0.25) is 0 Å². The summed E-state index contributed by atoms with van der Waals surface area (Å²) < 4.78 is 87.4. The second-order valence-corrected chi connectivity index (χ2v) is 14.2. The van der Waals surface area contributed by atoms with Gasteiger partial charge >= 0.3 is 6.01 Å². The monoisotopic (exact) mass is 688 g/mol. The van der Waals surface area contributed by atoms with Gasteiger partial charge in [-0.1, -0.05) is 6.92 Å². The van der Waals surface area contributed by atoms with E-state index in [-0.39, 0.29) is 74.4 Å². The number of thiophene rings is 1. The van der Waals surface area contributed by atoms with Gasteiger partial charge in [-0.2, -0.15) is 15.2 Å². The first-order valence-electron chi connectivity index (χ1n) is 15.6. The zero-order valence-corrected chi connectivity index (χ0v) is 27.2. The molecule has 0 saturated carbocycles. The van der Waals surface area contributed by atoms with E-state index in [1.54, 1.807) is 6.92 Å². The molecule has 3 N–H and O–H groups in total. The number of piperidine rings is 1. The van der Waals surface area contributed by atoms with E-state index >= 15 is 8.78 Å². The Bertz CT molecular complexity index is 1960. The fraction of sp³-hybridized carbons (Fsp3) is 0.500. The Labute approximate surface area is 276 Å². The van der Waals surface area contributed by atoms with Gasteiger partial charge in [-0.3, -0.25) is 0 Å². The maximum Gasteiger partial charge on any atom is 0.319 e. The number of benzene rings is 1. The van der Waals surface area contributed by atoms with Crippen molar-refractivity contribution in [3.63, 3.8) is 0 Å². The van der Waals surface area contributed by atoms with Crippen LogP contribution in [-0.2, 0) is 0 Å². The number of nitrogen functional groups attached to an aromatic ring is 1. The molecule has 10 nitrogen and oxygen atoms in total. The highest BCUT2D eigenvalue weighted by Gasteiger charge is 2.45. The third-order valence-corrected chi connectivity index (χ3v) is 10.9. The molecular weight excluding hydrogens is 655 g/mol. The molecule has 0 amide bonds. The lowest BCUT2D eigenvalue weighted by molar-refractivity contribution is -0.0679.